The molecule has 0 fully saturated rings. The highest BCUT2D eigenvalue weighted by Crippen LogP contribution is 2.48. The molecular weight excluding hydrogens is 544 g/mol. The number of benzene rings is 8. The van der Waals surface area contributed by atoms with E-state index in [1.165, 1.54) is 0 Å². The Morgan fingerprint density at radius 3 is 1.67 bits per heavy atom. The second-order valence-corrected chi connectivity index (χ2v) is 11.2. The van der Waals surface area contributed by atoms with Crippen LogP contribution in [0.5, 0.6) is 0 Å². The average Bonchev–Trinajstić information content (AvgIpc) is 3.53. The Morgan fingerprint density at radius 2 is 0.956 bits per heavy atom. The summed E-state index contributed by atoms with van der Waals surface area (Å²) >= 11 is 0. The lowest BCUT2D eigenvalue weighted by Crippen LogP contribution is -1.92. The van der Waals surface area contributed by atoms with Crippen LogP contribution in [-0.2, 0) is 0 Å². The molecule has 45 heavy (non-hydrogen) atoms. The van der Waals surface area contributed by atoms with Crippen LogP contribution in [0.15, 0.2) is 174 Å². The summed E-state index contributed by atoms with van der Waals surface area (Å²) < 4.78 is 51.0. The molecule has 9 aromatic rings. The first-order chi connectivity index (χ1) is 24.4. The number of hydrogen-bond donors (Lipinski definition) is 0. The van der Waals surface area contributed by atoms with Crippen LogP contribution >= 0.6 is 0 Å². The molecule has 0 saturated carbocycles. The third-order valence-electron chi connectivity index (χ3n) is 8.67. The van der Waals surface area contributed by atoms with E-state index in [0.717, 1.165) is 65.7 Å². The Labute approximate surface area is 268 Å². The predicted molar refractivity (Wildman–Crippen MR) is 190 cm³/mol. The van der Waals surface area contributed by atoms with Crippen LogP contribution in [0.1, 0.15) is 6.85 Å². The molecule has 8 aromatic carbocycles. The van der Waals surface area contributed by atoms with Gasteiger partial charge in [-0.2, -0.15) is 0 Å². The molecule has 0 radical (unpaired) electrons. The van der Waals surface area contributed by atoms with Crippen molar-refractivity contribution in [3.8, 4) is 44.5 Å². The molecule has 0 N–H and O–H groups in total. The van der Waals surface area contributed by atoms with Crippen molar-refractivity contribution in [3.63, 3.8) is 0 Å². The van der Waals surface area contributed by atoms with Crippen molar-refractivity contribution in [1.82, 2.24) is 0 Å². The van der Waals surface area contributed by atoms with Crippen molar-refractivity contribution >= 4 is 43.5 Å². The number of para-hydroxylation sites is 1. The molecule has 0 aliphatic heterocycles. The van der Waals surface area contributed by atoms with Crippen LogP contribution < -0.4 is 0 Å². The summed E-state index contributed by atoms with van der Waals surface area (Å²) in [4.78, 5) is 0. The third-order valence-corrected chi connectivity index (χ3v) is 8.67. The first-order valence-corrected chi connectivity index (χ1v) is 15.0. The fourth-order valence-corrected chi connectivity index (χ4v) is 6.70. The second kappa shape index (κ2) is 10.4. The van der Waals surface area contributed by atoms with E-state index in [4.69, 9.17) is 8.53 Å². The Morgan fingerprint density at radius 1 is 0.400 bits per heavy atom. The molecule has 1 nitrogen and oxygen atoms in total. The Balaban J connectivity index is 1.45. The van der Waals surface area contributed by atoms with Gasteiger partial charge in [-0.3, -0.25) is 0 Å². The van der Waals surface area contributed by atoms with Crippen LogP contribution in [0.3, 0.4) is 0 Å². The average molecular weight is 578 g/mol. The molecule has 9 rings (SSSR count). The summed E-state index contributed by atoms with van der Waals surface area (Å²) in [6.45, 7) is 0. The van der Waals surface area contributed by atoms with Crippen molar-refractivity contribution in [2.45, 2.75) is 0 Å². The van der Waals surface area contributed by atoms with Gasteiger partial charge in [0.05, 0.1) is 6.85 Å². The van der Waals surface area contributed by atoms with Gasteiger partial charge < -0.3 is 4.42 Å². The van der Waals surface area contributed by atoms with Crippen LogP contribution in [0.25, 0.3) is 88.0 Å². The summed E-state index contributed by atoms with van der Waals surface area (Å²) in [6.07, 6.45) is 0. The molecule has 0 aliphatic rings. The molecule has 0 saturated heterocycles. The minimum atomic E-state index is -0.204. The van der Waals surface area contributed by atoms with Gasteiger partial charge in [-0.1, -0.05) is 145 Å². The first kappa shape index (κ1) is 20.9. The van der Waals surface area contributed by atoms with E-state index in [9.17, 15) is 2.74 Å². The Hall–Kier alpha value is -5.92. The van der Waals surface area contributed by atoms with Crippen molar-refractivity contribution in [1.29, 1.82) is 0 Å². The molecule has 1 heteroatoms. The van der Waals surface area contributed by atoms with Crippen molar-refractivity contribution in [2.75, 3.05) is 0 Å². The lowest BCUT2D eigenvalue weighted by molar-refractivity contribution is 0.669. The first-order valence-electron chi connectivity index (χ1n) is 17.5. The minimum Gasteiger partial charge on any atom is -0.456 e. The highest BCUT2D eigenvalue weighted by Gasteiger charge is 2.21. The quantitative estimate of drug-likeness (QED) is 0.190. The van der Waals surface area contributed by atoms with E-state index in [-0.39, 0.29) is 24.2 Å². The summed E-state index contributed by atoms with van der Waals surface area (Å²) in [5, 5.41) is 5.57. The Bertz CT molecular complexity index is 2740. The van der Waals surface area contributed by atoms with Gasteiger partial charge >= 0.3 is 0 Å². The monoisotopic (exact) mass is 577 g/mol. The second-order valence-electron chi connectivity index (χ2n) is 11.2. The third kappa shape index (κ3) is 4.17. The van der Waals surface area contributed by atoms with E-state index in [0.29, 0.717) is 28.3 Å². The summed E-state index contributed by atoms with van der Waals surface area (Å²) in [5.41, 5.74) is 7.53. The van der Waals surface area contributed by atoms with E-state index in [1.54, 1.807) is 12.1 Å². The lowest BCUT2D eigenvalue weighted by atomic mass is 9.83. The smallest absolute Gasteiger partial charge is 0.136 e. The SMILES string of the molecule is [2H]c1ccc(-c2cc(-c3c4ccccc4c(-c4c([2H])c([2H])c([2H])c(-c5ccccc5)c4[2H])c4ccccc34)c3c(c2)oc2ccccc23)cc1. The van der Waals surface area contributed by atoms with Crippen molar-refractivity contribution in [2.24, 2.45) is 0 Å². The van der Waals surface area contributed by atoms with E-state index < -0.39 is 0 Å². The molecule has 0 atom stereocenters. The van der Waals surface area contributed by atoms with Crippen LogP contribution in [0.2, 0.25) is 0 Å². The largest absolute Gasteiger partial charge is 0.456 e. The molecule has 0 bridgehead atoms. The van der Waals surface area contributed by atoms with Gasteiger partial charge in [-0.05, 0) is 90.3 Å². The van der Waals surface area contributed by atoms with Crippen LogP contribution in [0.4, 0.5) is 0 Å². The van der Waals surface area contributed by atoms with E-state index in [2.05, 4.69) is 30.3 Å². The van der Waals surface area contributed by atoms with Gasteiger partial charge in [-0.25, -0.2) is 0 Å². The van der Waals surface area contributed by atoms with Crippen molar-refractivity contribution < 1.29 is 11.3 Å². The fourth-order valence-electron chi connectivity index (χ4n) is 6.70. The van der Waals surface area contributed by atoms with Crippen LogP contribution in [-0.4, -0.2) is 0 Å². The van der Waals surface area contributed by atoms with Gasteiger partial charge in [0.2, 0.25) is 0 Å². The molecule has 0 aliphatic carbocycles. The molecule has 210 valence electrons. The highest BCUT2D eigenvalue weighted by atomic mass is 16.3. The van der Waals surface area contributed by atoms with Crippen LogP contribution in [0, 0.1) is 0 Å². The molecular formula is C44H28O. The maximum atomic E-state index is 9.53. The normalized spacial score (nSPS) is 13.1. The van der Waals surface area contributed by atoms with E-state index in [1.807, 2.05) is 97.1 Å². The fraction of sp³-hybridized carbons (Fsp3) is 0. The predicted octanol–water partition coefficient (Wildman–Crippen LogP) is 12.6. The maximum Gasteiger partial charge on any atom is 0.136 e. The molecule has 0 amide bonds. The van der Waals surface area contributed by atoms with Crippen molar-refractivity contribution in [3.05, 3.63) is 170 Å². The zero-order valence-electron chi connectivity index (χ0n) is 29.2. The molecule has 0 unspecified atom stereocenters. The summed E-state index contributed by atoms with van der Waals surface area (Å²) in [6, 6.07) is 45.4. The lowest BCUT2D eigenvalue weighted by Gasteiger charge is -2.19. The zero-order chi connectivity index (χ0) is 34.1. The van der Waals surface area contributed by atoms with Gasteiger partial charge in [0, 0.05) is 10.8 Å². The Kier molecular flexibility index (Phi) is 4.81. The zero-order valence-corrected chi connectivity index (χ0v) is 24.2. The summed E-state index contributed by atoms with van der Waals surface area (Å²) in [7, 11) is 0. The summed E-state index contributed by atoms with van der Waals surface area (Å²) in [5.74, 6) is 0. The van der Waals surface area contributed by atoms with E-state index >= 15 is 0 Å². The number of hydrogen-bond acceptors (Lipinski definition) is 1. The van der Waals surface area contributed by atoms with Gasteiger partial charge in [-0.15, -0.1) is 0 Å². The number of rotatable bonds is 4. The molecule has 0 spiro atoms. The molecule has 1 heterocycles. The van der Waals surface area contributed by atoms with Gasteiger partial charge in [0.1, 0.15) is 11.2 Å². The minimum absolute atomic E-state index is 0.0633. The number of furan rings is 1. The van der Waals surface area contributed by atoms with Gasteiger partial charge in [0.25, 0.3) is 0 Å². The number of fused-ring (bicyclic) bond motifs is 5. The highest BCUT2D eigenvalue weighted by molar-refractivity contribution is 6.26. The maximum absolute atomic E-state index is 9.53. The standard InChI is InChI=1S/C44H28O/c1-3-14-29(15-4-1)31-18-13-19-32(26-31)42-34-20-7-9-22-36(34)43(37-23-10-8-21-35(37)42)39-27-33(30-16-5-2-6-17-30)28-41-44(39)38-24-11-12-25-40(38)45-41/h1-28H/i2D,13D,18D,19D,26D. The molecule has 1 aromatic heterocycles. The van der Waals surface area contributed by atoms with Gasteiger partial charge in [0.15, 0.2) is 0 Å². The topological polar surface area (TPSA) is 13.1 Å².